The van der Waals surface area contributed by atoms with Crippen molar-refractivity contribution in [1.29, 1.82) is 0 Å². The van der Waals surface area contributed by atoms with Crippen LogP contribution in [0.4, 0.5) is 0 Å². The van der Waals surface area contributed by atoms with Gasteiger partial charge in [-0.15, -0.1) is 0 Å². The molecule has 0 unspecified atom stereocenters. The summed E-state index contributed by atoms with van der Waals surface area (Å²) in [5.41, 5.74) is 0. The lowest BCUT2D eigenvalue weighted by Gasteiger charge is -2.04. The second-order valence-electron chi connectivity index (χ2n) is 5.02. The van der Waals surface area contributed by atoms with Gasteiger partial charge in [-0.2, -0.15) is 0 Å². The number of hydrogen-bond acceptors (Lipinski definition) is 2. The zero-order chi connectivity index (χ0) is 13.7. The van der Waals surface area contributed by atoms with Crippen LogP contribution in [0.2, 0.25) is 0 Å². The Morgan fingerprint density at radius 1 is 0.722 bits per heavy atom. The Hall–Kier alpha value is 0.430. The highest BCUT2D eigenvalue weighted by molar-refractivity contribution is 9.09. The zero-order valence-electron chi connectivity index (χ0n) is 11.8. The van der Waals surface area contributed by atoms with E-state index in [1.54, 1.807) is 0 Å². The molecule has 4 heteroatoms. The summed E-state index contributed by atoms with van der Waals surface area (Å²) in [5, 5.41) is 1.10. The molecule has 0 aromatic carbocycles. The predicted molar refractivity (Wildman–Crippen MR) is 84.3 cm³/mol. The molecule has 0 aliphatic carbocycles. The fourth-order valence-electron chi connectivity index (χ4n) is 1.97. The molecule has 0 aromatic heterocycles. The summed E-state index contributed by atoms with van der Waals surface area (Å²) in [4.78, 5) is 0. The van der Waals surface area contributed by atoms with Crippen LogP contribution >= 0.6 is 15.9 Å². The normalized spacial score (nSPS) is 11.9. The first kappa shape index (κ1) is 18.4. The molecule has 110 valence electrons. The number of rotatable bonds is 13. The molecule has 0 fully saturated rings. The largest absolute Gasteiger partial charge is 0.229 e. The van der Waals surface area contributed by atoms with E-state index in [0.717, 1.165) is 37.4 Å². The SMILES string of the molecule is CCCCCS(=O)(=O)CCCCCCCCCBr. The third-order valence-corrected chi connectivity index (χ3v) is 5.53. The number of halogens is 1. The van der Waals surface area contributed by atoms with Gasteiger partial charge in [-0.3, -0.25) is 0 Å². The molecule has 0 aliphatic heterocycles. The molecule has 0 bridgehead atoms. The fourth-order valence-corrected chi connectivity index (χ4v) is 3.86. The summed E-state index contributed by atoms with van der Waals surface area (Å²) in [7, 11) is -2.76. The molecular formula is C14H29BrO2S. The second-order valence-corrected chi connectivity index (χ2v) is 8.12. The van der Waals surface area contributed by atoms with E-state index in [1.165, 1.54) is 32.1 Å². The maximum atomic E-state index is 11.7. The Kier molecular flexibility index (Phi) is 12.8. The maximum Gasteiger partial charge on any atom is 0.150 e. The molecular weight excluding hydrogens is 312 g/mol. The molecule has 2 nitrogen and oxygen atoms in total. The molecule has 0 saturated heterocycles. The summed E-state index contributed by atoms with van der Waals surface area (Å²) in [6, 6.07) is 0. The first-order valence-corrected chi connectivity index (χ1v) is 10.3. The molecule has 0 aliphatic rings. The van der Waals surface area contributed by atoms with Gasteiger partial charge in [0.15, 0.2) is 0 Å². The lowest BCUT2D eigenvalue weighted by molar-refractivity contribution is 0.576. The molecule has 0 saturated carbocycles. The smallest absolute Gasteiger partial charge is 0.150 e. The molecule has 0 heterocycles. The van der Waals surface area contributed by atoms with Gasteiger partial charge in [0, 0.05) is 5.33 Å². The number of sulfone groups is 1. The van der Waals surface area contributed by atoms with Crippen LogP contribution in [0.3, 0.4) is 0 Å². The van der Waals surface area contributed by atoms with Crippen molar-refractivity contribution in [1.82, 2.24) is 0 Å². The third-order valence-electron chi connectivity index (χ3n) is 3.15. The summed E-state index contributed by atoms with van der Waals surface area (Å²) in [5.74, 6) is 0.796. The predicted octanol–water partition coefficient (Wildman–Crippen LogP) is 4.72. The van der Waals surface area contributed by atoms with E-state index in [4.69, 9.17) is 0 Å². The average Bonchev–Trinajstić information content (AvgIpc) is 2.33. The Labute approximate surface area is 122 Å². The van der Waals surface area contributed by atoms with Gasteiger partial charge in [-0.25, -0.2) is 8.42 Å². The van der Waals surface area contributed by atoms with Gasteiger partial charge >= 0.3 is 0 Å². The maximum absolute atomic E-state index is 11.7. The quantitative estimate of drug-likeness (QED) is 0.359. The zero-order valence-corrected chi connectivity index (χ0v) is 14.2. The molecule has 0 spiro atoms. The number of alkyl halides is 1. The van der Waals surface area contributed by atoms with Crippen LogP contribution in [-0.4, -0.2) is 25.3 Å². The van der Waals surface area contributed by atoms with Gasteiger partial charge in [0.25, 0.3) is 0 Å². The summed E-state index contributed by atoms with van der Waals surface area (Å²) >= 11 is 3.42. The standard InChI is InChI=1S/C14H29BrO2S/c1-2-3-10-13-18(16,17)14-11-8-6-4-5-7-9-12-15/h2-14H2,1H3. The Bertz CT molecular complexity index is 263. The minimum Gasteiger partial charge on any atom is -0.229 e. The van der Waals surface area contributed by atoms with Gasteiger partial charge in [0.1, 0.15) is 9.84 Å². The summed E-state index contributed by atoms with van der Waals surface area (Å²) in [6.07, 6.45) is 11.2. The van der Waals surface area contributed by atoms with E-state index in [2.05, 4.69) is 22.9 Å². The van der Waals surface area contributed by atoms with Crippen molar-refractivity contribution in [2.24, 2.45) is 0 Å². The minimum absolute atomic E-state index is 0.395. The van der Waals surface area contributed by atoms with Crippen LogP contribution in [0.5, 0.6) is 0 Å². The van der Waals surface area contributed by atoms with Crippen LogP contribution in [0.1, 0.15) is 71.1 Å². The highest BCUT2D eigenvalue weighted by atomic mass is 79.9. The van der Waals surface area contributed by atoms with Crippen LogP contribution in [0.15, 0.2) is 0 Å². The van der Waals surface area contributed by atoms with Crippen molar-refractivity contribution < 1.29 is 8.42 Å². The minimum atomic E-state index is -2.76. The van der Waals surface area contributed by atoms with Crippen molar-refractivity contribution in [3.05, 3.63) is 0 Å². The number of unbranched alkanes of at least 4 members (excludes halogenated alkanes) is 8. The molecule has 0 aromatic rings. The van der Waals surface area contributed by atoms with Crippen molar-refractivity contribution in [3.63, 3.8) is 0 Å². The molecule has 0 radical (unpaired) electrons. The van der Waals surface area contributed by atoms with E-state index in [1.807, 2.05) is 0 Å². The Balaban J connectivity index is 3.36. The van der Waals surface area contributed by atoms with Gasteiger partial charge in [0.05, 0.1) is 11.5 Å². The average molecular weight is 341 g/mol. The van der Waals surface area contributed by atoms with E-state index in [0.29, 0.717) is 11.5 Å². The first-order valence-electron chi connectivity index (χ1n) is 7.39. The highest BCUT2D eigenvalue weighted by Crippen LogP contribution is 2.10. The van der Waals surface area contributed by atoms with Gasteiger partial charge in [-0.1, -0.05) is 67.8 Å². The molecule has 0 N–H and O–H groups in total. The lowest BCUT2D eigenvalue weighted by atomic mass is 10.1. The monoisotopic (exact) mass is 340 g/mol. The lowest BCUT2D eigenvalue weighted by Crippen LogP contribution is -2.11. The third kappa shape index (κ3) is 12.9. The highest BCUT2D eigenvalue weighted by Gasteiger charge is 2.09. The molecule has 0 amide bonds. The van der Waals surface area contributed by atoms with E-state index in [9.17, 15) is 8.42 Å². The van der Waals surface area contributed by atoms with Crippen molar-refractivity contribution in [2.45, 2.75) is 71.1 Å². The van der Waals surface area contributed by atoms with Gasteiger partial charge < -0.3 is 0 Å². The molecule has 0 rings (SSSR count). The van der Waals surface area contributed by atoms with Gasteiger partial charge in [-0.05, 0) is 19.3 Å². The summed E-state index contributed by atoms with van der Waals surface area (Å²) in [6.45, 7) is 2.10. The molecule has 18 heavy (non-hydrogen) atoms. The van der Waals surface area contributed by atoms with Crippen molar-refractivity contribution >= 4 is 25.8 Å². The van der Waals surface area contributed by atoms with Gasteiger partial charge in [0.2, 0.25) is 0 Å². The van der Waals surface area contributed by atoms with Crippen LogP contribution < -0.4 is 0 Å². The summed E-state index contributed by atoms with van der Waals surface area (Å²) < 4.78 is 23.3. The second kappa shape index (κ2) is 12.5. The Morgan fingerprint density at radius 2 is 1.17 bits per heavy atom. The van der Waals surface area contributed by atoms with Crippen LogP contribution in [0, 0.1) is 0 Å². The first-order chi connectivity index (χ1) is 8.62. The number of hydrogen-bond donors (Lipinski definition) is 0. The van der Waals surface area contributed by atoms with E-state index >= 15 is 0 Å². The fraction of sp³-hybridized carbons (Fsp3) is 1.00. The molecule has 0 atom stereocenters. The van der Waals surface area contributed by atoms with Crippen LogP contribution in [-0.2, 0) is 9.84 Å². The van der Waals surface area contributed by atoms with Crippen molar-refractivity contribution in [2.75, 3.05) is 16.8 Å². The Morgan fingerprint density at radius 3 is 1.67 bits per heavy atom. The van der Waals surface area contributed by atoms with E-state index in [-0.39, 0.29) is 0 Å². The topological polar surface area (TPSA) is 34.1 Å². The van der Waals surface area contributed by atoms with Crippen molar-refractivity contribution in [3.8, 4) is 0 Å². The van der Waals surface area contributed by atoms with E-state index < -0.39 is 9.84 Å². The van der Waals surface area contributed by atoms with Crippen LogP contribution in [0.25, 0.3) is 0 Å².